The molecule has 0 aliphatic rings. The minimum absolute atomic E-state index is 0.167. The van der Waals surface area contributed by atoms with E-state index in [-0.39, 0.29) is 5.75 Å². The van der Waals surface area contributed by atoms with Gasteiger partial charge in [0.2, 0.25) is 0 Å². The molecule has 0 atom stereocenters. The van der Waals surface area contributed by atoms with E-state index in [1.54, 1.807) is 6.08 Å². The molecular formula is C5H13NO2S. The number of allylic oxidation sites excluding steroid dienone is 1. The van der Waals surface area contributed by atoms with Crippen LogP contribution in [0.2, 0.25) is 0 Å². The first-order chi connectivity index (χ1) is 4.06. The van der Waals surface area contributed by atoms with Crippen LogP contribution in [0.3, 0.4) is 0 Å². The van der Waals surface area contributed by atoms with Crippen molar-refractivity contribution in [1.29, 1.82) is 0 Å². The van der Waals surface area contributed by atoms with Crippen molar-refractivity contribution in [1.82, 2.24) is 0 Å². The van der Waals surface area contributed by atoms with Gasteiger partial charge in [0, 0.05) is 0 Å². The van der Waals surface area contributed by atoms with Crippen LogP contribution < -0.4 is 5.14 Å². The monoisotopic (exact) mass is 151 g/mol. The molecule has 0 rings (SSSR count). The molecule has 0 saturated carbocycles. The Hall–Kier alpha value is -0.0300. The third-order valence-electron chi connectivity index (χ3n) is 0.744. The van der Waals surface area contributed by atoms with Crippen LogP contribution in [0, 0.1) is 0 Å². The number of hydrogen-bond acceptors (Lipinski definition) is 3. The largest absolute Gasteiger partial charge is 0.286 e. The van der Waals surface area contributed by atoms with Crippen molar-refractivity contribution in [3.63, 3.8) is 0 Å². The van der Waals surface area contributed by atoms with E-state index >= 15 is 0 Å². The minimum atomic E-state index is -2.78. The molecule has 0 aliphatic carbocycles. The van der Waals surface area contributed by atoms with Gasteiger partial charge in [-0.25, -0.2) is 5.14 Å². The van der Waals surface area contributed by atoms with Gasteiger partial charge in [-0.15, -0.1) is 10.8 Å². The smallest absolute Gasteiger partial charge is 0.0706 e. The molecule has 0 aromatic carbocycles. The number of hydrogen-bond donors (Lipinski definition) is 3. The second kappa shape index (κ2) is 3.90. The van der Waals surface area contributed by atoms with Crippen LogP contribution in [0.15, 0.2) is 12.2 Å². The normalized spacial score (nSPS) is 14.7. The number of nitrogens with two attached hydrogens (primary N) is 1. The third kappa shape index (κ3) is 7.97. The maximum absolute atomic E-state index is 8.61. The van der Waals surface area contributed by atoms with E-state index in [0.29, 0.717) is 0 Å². The fourth-order valence-corrected chi connectivity index (χ4v) is 0.796. The zero-order chi connectivity index (χ0) is 7.33. The summed E-state index contributed by atoms with van der Waals surface area (Å²) in [5, 5.41) is 4.92. The van der Waals surface area contributed by atoms with Gasteiger partial charge in [0.25, 0.3) is 0 Å². The molecule has 0 saturated heterocycles. The molecule has 0 unspecified atom stereocenters. The summed E-state index contributed by atoms with van der Waals surface area (Å²) >= 11 is 0. The molecule has 0 aliphatic heterocycles. The van der Waals surface area contributed by atoms with Crippen molar-refractivity contribution in [2.75, 3.05) is 5.75 Å². The molecule has 4 N–H and O–H groups in total. The highest BCUT2D eigenvalue weighted by Gasteiger charge is 1.97. The Morgan fingerprint density at radius 2 is 2.00 bits per heavy atom. The van der Waals surface area contributed by atoms with E-state index in [4.69, 9.17) is 14.2 Å². The SMILES string of the molecule is CC/C=C/CS(N)(O)O. The fourth-order valence-electron chi connectivity index (χ4n) is 0.376. The zero-order valence-corrected chi connectivity index (χ0v) is 6.27. The van der Waals surface area contributed by atoms with Crippen LogP contribution in [0.25, 0.3) is 0 Å². The number of rotatable bonds is 3. The highest BCUT2D eigenvalue weighted by molar-refractivity contribution is 8.22. The standard InChI is InChI=1S/C5H13NO2S/c1-2-3-4-5-9(6,7)8/h3-4,7-8H,2,5-6H2,1H3/b4-3+. The molecule has 0 aromatic heterocycles. The molecule has 0 aromatic rings. The lowest BCUT2D eigenvalue weighted by Crippen LogP contribution is -2.10. The van der Waals surface area contributed by atoms with Gasteiger partial charge in [-0.1, -0.05) is 19.1 Å². The summed E-state index contributed by atoms with van der Waals surface area (Å²) in [7, 11) is -2.78. The molecule has 0 fully saturated rings. The zero-order valence-electron chi connectivity index (χ0n) is 5.45. The molecular weight excluding hydrogens is 138 g/mol. The van der Waals surface area contributed by atoms with Gasteiger partial charge in [-0.2, -0.15) is 0 Å². The summed E-state index contributed by atoms with van der Waals surface area (Å²) in [6, 6.07) is 0. The summed E-state index contributed by atoms with van der Waals surface area (Å²) in [4.78, 5) is 0. The first kappa shape index (κ1) is 8.97. The Labute approximate surface area is 57.1 Å². The van der Waals surface area contributed by atoms with E-state index in [0.717, 1.165) is 6.42 Å². The van der Waals surface area contributed by atoms with Crippen molar-refractivity contribution in [3.8, 4) is 0 Å². The van der Waals surface area contributed by atoms with Crippen LogP contribution >= 0.6 is 10.8 Å². The van der Waals surface area contributed by atoms with Gasteiger partial charge in [0.1, 0.15) is 0 Å². The highest BCUT2D eigenvalue weighted by atomic mass is 32.3. The molecule has 9 heavy (non-hydrogen) atoms. The lowest BCUT2D eigenvalue weighted by molar-refractivity contribution is 0.493. The van der Waals surface area contributed by atoms with E-state index in [2.05, 4.69) is 0 Å². The van der Waals surface area contributed by atoms with Crippen molar-refractivity contribution in [2.24, 2.45) is 5.14 Å². The Morgan fingerprint density at radius 1 is 1.44 bits per heavy atom. The maximum atomic E-state index is 8.61. The first-order valence-electron chi connectivity index (χ1n) is 2.75. The van der Waals surface area contributed by atoms with Gasteiger partial charge >= 0.3 is 0 Å². The molecule has 0 spiro atoms. The quantitative estimate of drug-likeness (QED) is 0.536. The van der Waals surface area contributed by atoms with Crippen LogP contribution in [0.1, 0.15) is 13.3 Å². The molecule has 0 radical (unpaired) electrons. The Morgan fingerprint density at radius 3 is 2.33 bits per heavy atom. The molecule has 56 valence electrons. The van der Waals surface area contributed by atoms with Crippen molar-refractivity contribution in [3.05, 3.63) is 12.2 Å². The third-order valence-corrected chi connectivity index (χ3v) is 1.43. The summed E-state index contributed by atoms with van der Waals surface area (Å²) in [5.74, 6) is 0.167. The van der Waals surface area contributed by atoms with Crippen molar-refractivity contribution < 1.29 is 9.11 Å². The van der Waals surface area contributed by atoms with Gasteiger partial charge in [-0.3, -0.25) is 9.11 Å². The van der Waals surface area contributed by atoms with Gasteiger partial charge < -0.3 is 0 Å². The fraction of sp³-hybridized carbons (Fsp3) is 0.600. The van der Waals surface area contributed by atoms with E-state index in [1.807, 2.05) is 13.0 Å². The van der Waals surface area contributed by atoms with Gasteiger partial charge in [-0.05, 0) is 6.42 Å². The van der Waals surface area contributed by atoms with Gasteiger partial charge in [0.15, 0.2) is 0 Å². The summed E-state index contributed by atoms with van der Waals surface area (Å²) < 4.78 is 17.2. The van der Waals surface area contributed by atoms with Crippen LogP contribution in [0.4, 0.5) is 0 Å². The van der Waals surface area contributed by atoms with Crippen LogP contribution in [-0.2, 0) is 0 Å². The maximum Gasteiger partial charge on any atom is 0.0706 e. The van der Waals surface area contributed by atoms with Crippen molar-refractivity contribution in [2.45, 2.75) is 13.3 Å². The van der Waals surface area contributed by atoms with Crippen LogP contribution in [0.5, 0.6) is 0 Å². The predicted octanol–water partition coefficient (Wildman–Crippen LogP) is 1.58. The Bertz CT molecular complexity index is 97.6. The predicted molar refractivity (Wildman–Crippen MR) is 41.3 cm³/mol. The molecule has 3 nitrogen and oxygen atoms in total. The molecule has 4 heteroatoms. The highest BCUT2D eigenvalue weighted by Crippen LogP contribution is 2.27. The van der Waals surface area contributed by atoms with Crippen LogP contribution in [-0.4, -0.2) is 14.9 Å². The summed E-state index contributed by atoms with van der Waals surface area (Å²) in [6.45, 7) is 1.97. The lowest BCUT2D eigenvalue weighted by Gasteiger charge is -2.23. The second-order valence-corrected chi connectivity index (χ2v) is 3.53. The van der Waals surface area contributed by atoms with E-state index < -0.39 is 10.8 Å². The average molecular weight is 151 g/mol. The lowest BCUT2D eigenvalue weighted by atomic mass is 10.4. The van der Waals surface area contributed by atoms with Crippen molar-refractivity contribution >= 4 is 10.8 Å². The first-order valence-corrected chi connectivity index (χ1v) is 4.53. The second-order valence-electron chi connectivity index (χ2n) is 1.76. The summed E-state index contributed by atoms with van der Waals surface area (Å²) in [6.07, 6.45) is 4.42. The Kier molecular flexibility index (Phi) is 3.88. The van der Waals surface area contributed by atoms with E-state index in [9.17, 15) is 0 Å². The van der Waals surface area contributed by atoms with Gasteiger partial charge in [0.05, 0.1) is 5.75 Å². The Balaban J connectivity index is 3.38. The molecule has 0 bridgehead atoms. The molecule has 0 amide bonds. The minimum Gasteiger partial charge on any atom is -0.286 e. The van der Waals surface area contributed by atoms with E-state index in [1.165, 1.54) is 0 Å². The topological polar surface area (TPSA) is 66.5 Å². The summed E-state index contributed by atoms with van der Waals surface area (Å²) in [5.41, 5.74) is 0. The molecule has 0 heterocycles. The average Bonchev–Trinajstić information content (AvgIpc) is 1.63.